The summed E-state index contributed by atoms with van der Waals surface area (Å²) < 4.78 is 18.2. The Kier molecular flexibility index (Phi) is 6.90. The molecule has 0 spiro atoms. The zero-order valence-corrected chi connectivity index (χ0v) is 23.4. The molecule has 10 heteroatoms. The van der Waals surface area contributed by atoms with Crippen LogP contribution in [0.4, 0.5) is 5.69 Å². The highest BCUT2D eigenvalue weighted by molar-refractivity contribution is 7.07. The molecule has 0 fully saturated rings. The minimum Gasteiger partial charge on any atom is -0.497 e. The summed E-state index contributed by atoms with van der Waals surface area (Å²) in [7, 11) is 3.06. The number of para-hydroxylation sites is 1. The van der Waals surface area contributed by atoms with Gasteiger partial charge >= 0.3 is 5.97 Å². The van der Waals surface area contributed by atoms with Gasteiger partial charge in [-0.05, 0) is 52.0 Å². The number of nitrogens with zero attached hydrogens (tertiary/aromatic N) is 3. The number of ether oxygens (including phenoxy) is 3. The van der Waals surface area contributed by atoms with Crippen LogP contribution in [0.1, 0.15) is 44.9 Å². The van der Waals surface area contributed by atoms with Gasteiger partial charge in [0.1, 0.15) is 22.1 Å². The SMILES string of the molecule is CCOC(=O)C1=C(C)N=c2s/c(=C3/C(=O)N(C(C)C)c4ccccc43)c(=O)n2[C@H]1c1cc(OC)ccc1OC. The van der Waals surface area contributed by atoms with Crippen molar-refractivity contribution in [3.63, 3.8) is 0 Å². The number of carbonyl (C=O) groups excluding carboxylic acids is 2. The van der Waals surface area contributed by atoms with Gasteiger partial charge in [0.2, 0.25) is 0 Å². The predicted molar refractivity (Wildman–Crippen MR) is 148 cm³/mol. The summed E-state index contributed by atoms with van der Waals surface area (Å²) in [6, 6.07) is 11.6. The molecule has 202 valence electrons. The van der Waals surface area contributed by atoms with Gasteiger partial charge < -0.3 is 19.1 Å². The highest BCUT2D eigenvalue weighted by Gasteiger charge is 2.39. The lowest BCUT2D eigenvalue weighted by molar-refractivity contribution is -0.139. The molecule has 2 aliphatic rings. The van der Waals surface area contributed by atoms with Crippen LogP contribution >= 0.6 is 11.3 Å². The highest BCUT2D eigenvalue weighted by Crippen LogP contribution is 2.39. The van der Waals surface area contributed by atoms with Crippen LogP contribution in [-0.4, -0.2) is 43.3 Å². The highest BCUT2D eigenvalue weighted by atomic mass is 32.1. The van der Waals surface area contributed by atoms with Crippen molar-refractivity contribution in [1.82, 2.24) is 4.57 Å². The van der Waals surface area contributed by atoms with Crippen molar-refractivity contribution in [2.24, 2.45) is 4.99 Å². The van der Waals surface area contributed by atoms with Crippen LogP contribution in [0.25, 0.3) is 5.57 Å². The Hall–Kier alpha value is -4.18. The molecule has 0 saturated carbocycles. The second-order valence-electron chi connectivity index (χ2n) is 9.39. The maximum Gasteiger partial charge on any atom is 0.338 e. The van der Waals surface area contributed by atoms with E-state index >= 15 is 0 Å². The van der Waals surface area contributed by atoms with Crippen LogP contribution < -0.4 is 29.3 Å². The third kappa shape index (κ3) is 4.15. The van der Waals surface area contributed by atoms with Crippen molar-refractivity contribution in [3.05, 3.63) is 84.5 Å². The van der Waals surface area contributed by atoms with Crippen molar-refractivity contribution >= 4 is 34.5 Å². The average Bonchev–Trinajstić information content (AvgIpc) is 3.39. The zero-order chi connectivity index (χ0) is 28.0. The van der Waals surface area contributed by atoms with Crippen molar-refractivity contribution < 1.29 is 23.8 Å². The van der Waals surface area contributed by atoms with E-state index in [1.54, 1.807) is 36.9 Å². The monoisotopic (exact) mass is 547 g/mol. The Bertz CT molecular complexity index is 1720. The first-order valence-corrected chi connectivity index (χ1v) is 13.4. The van der Waals surface area contributed by atoms with Crippen molar-refractivity contribution in [2.75, 3.05) is 25.7 Å². The summed E-state index contributed by atoms with van der Waals surface area (Å²) in [5.41, 5.74) is 2.53. The molecule has 2 aliphatic heterocycles. The second-order valence-corrected chi connectivity index (χ2v) is 10.4. The first-order valence-electron chi connectivity index (χ1n) is 12.6. The van der Waals surface area contributed by atoms with E-state index in [-0.39, 0.29) is 28.7 Å². The van der Waals surface area contributed by atoms with Crippen LogP contribution in [0.2, 0.25) is 0 Å². The molecule has 0 radical (unpaired) electrons. The molecule has 0 aliphatic carbocycles. The number of allylic oxidation sites excluding steroid dienone is 1. The Morgan fingerprint density at radius 3 is 2.51 bits per heavy atom. The van der Waals surface area contributed by atoms with E-state index in [1.165, 1.54) is 18.8 Å². The zero-order valence-electron chi connectivity index (χ0n) is 22.6. The Morgan fingerprint density at radius 2 is 1.85 bits per heavy atom. The molecule has 39 heavy (non-hydrogen) atoms. The van der Waals surface area contributed by atoms with E-state index in [0.29, 0.717) is 38.7 Å². The molecular weight excluding hydrogens is 518 g/mol. The molecule has 0 saturated heterocycles. The molecule has 0 N–H and O–H groups in total. The van der Waals surface area contributed by atoms with E-state index < -0.39 is 17.6 Å². The van der Waals surface area contributed by atoms with E-state index in [0.717, 1.165) is 17.0 Å². The molecule has 2 aromatic carbocycles. The third-order valence-corrected chi connectivity index (χ3v) is 7.89. The van der Waals surface area contributed by atoms with Crippen LogP contribution in [0.5, 0.6) is 11.5 Å². The number of rotatable bonds is 6. The van der Waals surface area contributed by atoms with E-state index in [1.807, 2.05) is 38.1 Å². The molecule has 5 rings (SSSR count). The Labute approximate surface area is 229 Å². The summed E-state index contributed by atoms with van der Waals surface area (Å²) in [6.45, 7) is 7.45. The summed E-state index contributed by atoms with van der Waals surface area (Å²) in [4.78, 5) is 48.0. The minimum atomic E-state index is -0.910. The van der Waals surface area contributed by atoms with Gasteiger partial charge in [0, 0.05) is 17.2 Å². The van der Waals surface area contributed by atoms with Crippen LogP contribution in [0, 0.1) is 0 Å². The lowest BCUT2D eigenvalue weighted by Crippen LogP contribution is -2.41. The number of thiazole rings is 1. The lowest BCUT2D eigenvalue weighted by Gasteiger charge is -2.26. The molecular formula is C29H29N3O6S. The predicted octanol–water partition coefficient (Wildman–Crippen LogP) is 2.94. The average molecular weight is 548 g/mol. The fourth-order valence-electron chi connectivity index (χ4n) is 5.16. The number of carbonyl (C=O) groups is 2. The fourth-order valence-corrected chi connectivity index (χ4v) is 6.30. The number of anilines is 1. The van der Waals surface area contributed by atoms with Gasteiger partial charge in [0.25, 0.3) is 11.5 Å². The number of esters is 1. The third-order valence-electron chi connectivity index (χ3n) is 6.83. The standard InChI is InChI=1S/C29H29N3O6S/c1-7-38-28(35)22-16(4)30-29-32(24(22)19-14-17(36-5)12-13-21(19)37-6)27(34)25(39-29)23-18-10-8-9-11-20(18)31(15(2)3)26(23)33/h8-15,24H,7H2,1-6H3/b25-23+/t24-/m0/s1. The summed E-state index contributed by atoms with van der Waals surface area (Å²) in [6.07, 6.45) is 0. The van der Waals surface area contributed by atoms with Crippen molar-refractivity contribution in [3.8, 4) is 11.5 Å². The number of amides is 1. The van der Waals surface area contributed by atoms with Crippen LogP contribution in [-0.2, 0) is 14.3 Å². The largest absolute Gasteiger partial charge is 0.497 e. The fraction of sp³-hybridized carbons (Fsp3) is 0.310. The molecule has 9 nitrogen and oxygen atoms in total. The van der Waals surface area contributed by atoms with E-state index in [9.17, 15) is 14.4 Å². The number of hydrogen-bond donors (Lipinski definition) is 0. The van der Waals surface area contributed by atoms with Crippen molar-refractivity contribution in [2.45, 2.75) is 39.8 Å². The molecule has 0 bridgehead atoms. The van der Waals surface area contributed by atoms with Gasteiger partial charge in [-0.15, -0.1) is 0 Å². The molecule has 1 atom stereocenters. The minimum absolute atomic E-state index is 0.105. The van der Waals surface area contributed by atoms with Gasteiger partial charge in [-0.25, -0.2) is 9.79 Å². The van der Waals surface area contributed by atoms with E-state index in [4.69, 9.17) is 14.2 Å². The van der Waals surface area contributed by atoms with Gasteiger partial charge in [0.05, 0.1) is 43.4 Å². The second kappa shape index (κ2) is 10.2. The van der Waals surface area contributed by atoms with Gasteiger partial charge in [0.15, 0.2) is 4.80 Å². The summed E-state index contributed by atoms with van der Waals surface area (Å²) in [5.74, 6) is 0.165. The van der Waals surface area contributed by atoms with Gasteiger partial charge in [-0.1, -0.05) is 29.5 Å². The Morgan fingerprint density at radius 1 is 1.10 bits per heavy atom. The quantitative estimate of drug-likeness (QED) is 0.440. The first-order chi connectivity index (χ1) is 18.7. The van der Waals surface area contributed by atoms with E-state index in [2.05, 4.69) is 4.99 Å². The smallest absolute Gasteiger partial charge is 0.338 e. The number of fused-ring (bicyclic) bond motifs is 2. The number of methoxy groups -OCH3 is 2. The van der Waals surface area contributed by atoms with Gasteiger partial charge in [-0.2, -0.15) is 0 Å². The van der Waals surface area contributed by atoms with Crippen molar-refractivity contribution in [1.29, 1.82) is 0 Å². The number of aromatic nitrogens is 1. The normalized spacial score (nSPS) is 17.7. The molecule has 3 aromatic rings. The summed E-state index contributed by atoms with van der Waals surface area (Å²) in [5, 5.41) is 0. The first kappa shape index (κ1) is 26.4. The van der Waals surface area contributed by atoms with Crippen LogP contribution in [0.15, 0.2) is 63.5 Å². The number of benzene rings is 2. The molecule has 1 aromatic heterocycles. The number of hydrogen-bond acceptors (Lipinski definition) is 8. The maximum atomic E-state index is 14.3. The summed E-state index contributed by atoms with van der Waals surface area (Å²) >= 11 is 1.13. The Balaban J connectivity index is 1.86. The molecule has 0 unspecified atom stereocenters. The molecule has 1 amide bonds. The van der Waals surface area contributed by atoms with Crippen LogP contribution in [0.3, 0.4) is 0 Å². The van der Waals surface area contributed by atoms with Gasteiger partial charge in [-0.3, -0.25) is 14.2 Å². The maximum absolute atomic E-state index is 14.3. The lowest BCUT2D eigenvalue weighted by atomic mass is 9.94. The topological polar surface area (TPSA) is 99.4 Å². The molecule has 3 heterocycles.